The van der Waals surface area contributed by atoms with Crippen LogP contribution in [0.1, 0.15) is 11.6 Å². The number of fused-ring (bicyclic) bond motifs is 9. The van der Waals surface area contributed by atoms with Gasteiger partial charge in [0.05, 0.1) is 11.2 Å². The van der Waals surface area contributed by atoms with Crippen molar-refractivity contribution in [2.24, 2.45) is 0 Å². The quantitative estimate of drug-likeness (QED) is 0.181. The van der Waals surface area contributed by atoms with Crippen molar-refractivity contribution in [3.63, 3.8) is 0 Å². The third-order valence-corrected chi connectivity index (χ3v) is 8.33. The van der Waals surface area contributed by atoms with E-state index in [2.05, 4.69) is 124 Å². The van der Waals surface area contributed by atoms with Gasteiger partial charge in [0.2, 0.25) is 0 Å². The van der Waals surface area contributed by atoms with Crippen molar-refractivity contribution in [2.75, 3.05) is 6.54 Å². The summed E-state index contributed by atoms with van der Waals surface area (Å²) in [4.78, 5) is 5.35. The molecule has 0 saturated carbocycles. The molecule has 1 fully saturated rings. The molecule has 2 nitrogen and oxygen atoms in total. The average Bonchev–Trinajstić information content (AvgIpc) is 3.78. The molecule has 0 bridgehead atoms. The molecule has 0 radical (unpaired) electrons. The molecule has 0 aliphatic carbocycles. The normalized spacial score (nSPS) is 15.4. The van der Waals surface area contributed by atoms with E-state index < -0.39 is 0 Å². The highest BCUT2D eigenvalue weighted by molar-refractivity contribution is 9.10. The number of benzene rings is 6. The first-order valence-corrected chi connectivity index (χ1v) is 13.2. The molecule has 0 spiro atoms. The van der Waals surface area contributed by atoms with Gasteiger partial charge in [-0.3, -0.25) is 0 Å². The smallest absolute Gasteiger partial charge is 0.0800 e. The zero-order valence-electron chi connectivity index (χ0n) is 19.4. The Kier molecular flexibility index (Phi) is 4.31. The van der Waals surface area contributed by atoms with E-state index in [4.69, 9.17) is 4.98 Å². The molecule has 6 aromatic carbocycles. The molecule has 1 unspecified atom stereocenters. The lowest BCUT2D eigenvalue weighted by Crippen LogP contribution is -1.95. The van der Waals surface area contributed by atoms with Crippen LogP contribution in [0.25, 0.3) is 65.3 Å². The highest BCUT2D eigenvalue weighted by Crippen LogP contribution is 2.46. The van der Waals surface area contributed by atoms with Crippen molar-refractivity contribution in [2.45, 2.75) is 6.04 Å². The zero-order chi connectivity index (χ0) is 23.8. The van der Waals surface area contributed by atoms with E-state index >= 15 is 0 Å². The predicted molar refractivity (Wildman–Crippen MR) is 156 cm³/mol. The summed E-state index contributed by atoms with van der Waals surface area (Å²) in [7, 11) is 0. The van der Waals surface area contributed by atoms with Crippen molar-refractivity contribution in [3.8, 4) is 11.3 Å². The van der Waals surface area contributed by atoms with E-state index in [0.717, 1.165) is 27.8 Å². The van der Waals surface area contributed by atoms with Crippen molar-refractivity contribution in [1.29, 1.82) is 0 Å². The predicted octanol–water partition coefficient (Wildman–Crippen LogP) is 8.92. The van der Waals surface area contributed by atoms with Gasteiger partial charge in [0.15, 0.2) is 0 Å². The molecule has 1 N–H and O–H groups in total. The lowest BCUT2D eigenvalue weighted by molar-refractivity contribution is 1.10. The molecule has 0 amide bonds. The first kappa shape index (κ1) is 20.4. The summed E-state index contributed by atoms with van der Waals surface area (Å²) in [5.41, 5.74) is 4.62. The first-order chi connectivity index (χ1) is 17.8. The Hall–Kier alpha value is -3.79. The lowest BCUT2D eigenvalue weighted by Gasteiger charge is -2.18. The highest BCUT2D eigenvalue weighted by atomic mass is 79.9. The Labute approximate surface area is 216 Å². The van der Waals surface area contributed by atoms with E-state index in [-0.39, 0.29) is 0 Å². The van der Waals surface area contributed by atoms with Crippen LogP contribution in [0.15, 0.2) is 108 Å². The van der Waals surface area contributed by atoms with Gasteiger partial charge in [0.1, 0.15) is 0 Å². The zero-order valence-corrected chi connectivity index (χ0v) is 21.0. The highest BCUT2D eigenvalue weighted by Gasteiger charge is 2.27. The Morgan fingerprint density at radius 3 is 2.00 bits per heavy atom. The number of hydrogen-bond acceptors (Lipinski definition) is 2. The molecule has 3 heteroatoms. The standard InChI is InChI=1S/C33H21BrN2/c34-27-17-16-23(19-8-1-2-9-20(19)27)33-32-22-11-4-3-10-21(22)30-25(29-18-35-29)13-7-14-26(30)31(32)24-12-5-6-15-28(24)36-33/h1-17,29,35H,18H2. The number of para-hydroxylation sites is 1. The molecule has 7 aromatic rings. The van der Waals surface area contributed by atoms with Crippen molar-refractivity contribution in [3.05, 3.63) is 113 Å². The topological polar surface area (TPSA) is 34.8 Å². The Balaban J connectivity index is 1.68. The molecule has 1 aromatic heterocycles. The number of aromatic nitrogens is 1. The van der Waals surface area contributed by atoms with Gasteiger partial charge in [-0.25, -0.2) is 4.98 Å². The van der Waals surface area contributed by atoms with Gasteiger partial charge < -0.3 is 5.32 Å². The van der Waals surface area contributed by atoms with Crippen LogP contribution >= 0.6 is 15.9 Å². The SMILES string of the molecule is Brc1ccc(-c2nc3ccccc3c3c4cccc(C5CN5)c4c4ccccc4c23)c2ccccc12. The molecule has 2 heterocycles. The van der Waals surface area contributed by atoms with Gasteiger partial charge in [-0.15, -0.1) is 0 Å². The number of nitrogens with one attached hydrogen (secondary N) is 1. The van der Waals surface area contributed by atoms with Gasteiger partial charge in [0.25, 0.3) is 0 Å². The van der Waals surface area contributed by atoms with Gasteiger partial charge in [-0.2, -0.15) is 0 Å². The van der Waals surface area contributed by atoms with Crippen LogP contribution in [-0.4, -0.2) is 11.5 Å². The largest absolute Gasteiger partial charge is 0.307 e. The van der Waals surface area contributed by atoms with Crippen molar-refractivity contribution < 1.29 is 0 Å². The fourth-order valence-electron chi connectivity index (χ4n) is 5.99. The molecule has 1 aliphatic heterocycles. The fourth-order valence-corrected chi connectivity index (χ4v) is 6.46. The Morgan fingerprint density at radius 2 is 1.22 bits per heavy atom. The first-order valence-electron chi connectivity index (χ1n) is 12.4. The number of nitrogens with zero attached hydrogens (tertiary/aromatic N) is 1. The molecular weight excluding hydrogens is 504 g/mol. The molecule has 8 rings (SSSR count). The third-order valence-electron chi connectivity index (χ3n) is 7.63. The van der Waals surface area contributed by atoms with Crippen LogP contribution in [0, 0.1) is 0 Å². The number of pyridine rings is 1. The molecule has 1 atom stereocenters. The van der Waals surface area contributed by atoms with Crippen LogP contribution in [-0.2, 0) is 0 Å². The van der Waals surface area contributed by atoms with Crippen LogP contribution in [0.4, 0.5) is 0 Å². The molecular formula is C33H21BrN2. The summed E-state index contributed by atoms with van der Waals surface area (Å²) in [6.07, 6.45) is 0. The second-order valence-electron chi connectivity index (χ2n) is 9.64. The van der Waals surface area contributed by atoms with E-state index in [9.17, 15) is 0 Å². The van der Waals surface area contributed by atoms with Gasteiger partial charge in [0, 0.05) is 38.8 Å². The van der Waals surface area contributed by atoms with E-state index in [0.29, 0.717) is 6.04 Å². The minimum absolute atomic E-state index is 0.428. The van der Waals surface area contributed by atoms with Crippen molar-refractivity contribution >= 4 is 69.9 Å². The van der Waals surface area contributed by atoms with Crippen LogP contribution in [0.5, 0.6) is 0 Å². The summed E-state index contributed by atoms with van der Waals surface area (Å²) < 4.78 is 1.10. The maximum atomic E-state index is 5.35. The summed E-state index contributed by atoms with van der Waals surface area (Å²) in [6.45, 7) is 1.04. The summed E-state index contributed by atoms with van der Waals surface area (Å²) in [6, 6.07) is 37.7. The summed E-state index contributed by atoms with van der Waals surface area (Å²) in [5.74, 6) is 0. The number of hydrogen-bond donors (Lipinski definition) is 1. The number of rotatable bonds is 2. The van der Waals surface area contributed by atoms with Gasteiger partial charge in [-0.1, -0.05) is 107 Å². The molecule has 170 valence electrons. The molecule has 1 saturated heterocycles. The third kappa shape index (κ3) is 2.84. The van der Waals surface area contributed by atoms with Crippen LogP contribution in [0.3, 0.4) is 0 Å². The second-order valence-corrected chi connectivity index (χ2v) is 10.5. The van der Waals surface area contributed by atoms with Gasteiger partial charge in [-0.05, 0) is 50.0 Å². The number of halogens is 1. The van der Waals surface area contributed by atoms with Crippen molar-refractivity contribution in [1.82, 2.24) is 10.3 Å². The van der Waals surface area contributed by atoms with E-state index in [1.54, 1.807) is 0 Å². The van der Waals surface area contributed by atoms with E-state index in [1.807, 2.05) is 0 Å². The molecule has 36 heavy (non-hydrogen) atoms. The Bertz CT molecular complexity index is 2020. The van der Waals surface area contributed by atoms with E-state index in [1.165, 1.54) is 54.0 Å². The fraction of sp³-hybridized carbons (Fsp3) is 0.0606. The average molecular weight is 525 g/mol. The monoisotopic (exact) mass is 524 g/mol. The Morgan fingerprint density at radius 1 is 0.583 bits per heavy atom. The minimum atomic E-state index is 0.428. The van der Waals surface area contributed by atoms with Crippen LogP contribution in [0.2, 0.25) is 0 Å². The maximum absolute atomic E-state index is 5.35. The van der Waals surface area contributed by atoms with Crippen LogP contribution < -0.4 is 5.32 Å². The van der Waals surface area contributed by atoms with Gasteiger partial charge >= 0.3 is 0 Å². The minimum Gasteiger partial charge on any atom is -0.307 e. The lowest BCUT2D eigenvalue weighted by atomic mass is 9.87. The molecule has 1 aliphatic rings. The second kappa shape index (κ2) is 7.60. The summed E-state index contributed by atoms with van der Waals surface area (Å²) >= 11 is 3.77. The summed E-state index contributed by atoms with van der Waals surface area (Å²) in [5, 5.41) is 14.9. The maximum Gasteiger partial charge on any atom is 0.0800 e.